The van der Waals surface area contributed by atoms with Gasteiger partial charge in [0.2, 0.25) is 0 Å². The lowest BCUT2D eigenvalue weighted by molar-refractivity contribution is -0.156. The number of hydrogen-bond acceptors (Lipinski definition) is 4. The van der Waals surface area contributed by atoms with Gasteiger partial charge in [-0.3, -0.25) is 4.79 Å². The van der Waals surface area contributed by atoms with E-state index in [-0.39, 0.29) is 46.7 Å². The summed E-state index contributed by atoms with van der Waals surface area (Å²) in [5.74, 6) is -3.72. The molecule has 1 amide bonds. The first-order valence-corrected chi connectivity index (χ1v) is 10.0. The lowest BCUT2D eigenvalue weighted by Crippen LogP contribution is -2.39. The summed E-state index contributed by atoms with van der Waals surface area (Å²) < 4.78 is 99.9. The third kappa shape index (κ3) is 5.08. The SMILES string of the molecule is CCn1c(C(=O)NC(c2ccc(F)c(C(F)(F)F)c2)C(F)(F)F)cc2cc(C(=O)OC)c(C)nc21. The summed E-state index contributed by atoms with van der Waals surface area (Å²) >= 11 is 0. The van der Waals surface area contributed by atoms with E-state index in [0.717, 1.165) is 7.11 Å². The summed E-state index contributed by atoms with van der Waals surface area (Å²) in [7, 11) is 1.15. The highest BCUT2D eigenvalue weighted by Gasteiger charge is 2.44. The topological polar surface area (TPSA) is 73.2 Å². The molecule has 6 nitrogen and oxygen atoms in total. The number of ether oxygens (including phenoxy) is 1. The monoisotopic (exact) mass is 505 g/mol. The minimum atomic E-state index is -5.24. The molecule has 0 bridgehead atoms. The number of nitrogens with zero attached hydrogens (tertiary/aromatic N) is 2. The average Bonchev–Trinajstić information content (AvgIpc) is 3.12. The van der Waals surface area contributed by atoms with E-state index < -0.39 is 47.2 Å². The quantitative estimate of drug-likeness (QED) is 0.375. The van der Waals surface area contributed by atoms with Crippen molar-refractivity contribution in [3.8, 4) is 0 Å². The van der Waals surface area contributed by atoms with Crippen molar-refractivity contribution in [3.05, 3.63) is 64.2 Å². The number of methoxy groups -OCH3 is 1. The smallest absolute Gasteiger partial charge is 0.419 e. The third-order valence-electron chi connectivity index (χ3n) is 5.25. The Morgan fingerprint density at radius 3 is 2.31 bits per heavy atom. The number of amides is 1. The van der Waals surface area contributed by atoms with Crippen LogP contribution in [0.5, 0.6) is 0 Å². The molecule has 1 aromatic carbocycles. The van der Waals surface area contributed by atoms with Gasteiger partial charge in [0.1, 0.15) is 17.2 Å². The van der Waals surface area contributed by atoms with Crippen molar-refractivity contribution < 1.29 is 45.1 Å². The highest BCUT2D eigenvalue weighted by molar-refractivity contribution is 6.00. The van der Waals surface area contributed by atoms with Gasteiger partial charge in [-0.2, -0.15) is 26.3 Å². The van der Waals surface area contributed by atoms with E-state index in [0.29, 0.717) is 6.07 Å². The van der Waals surface area contributed by atoms with Crippen molar-refractivity contribution >= 4 is 22.9 Å². The van der Waals surface area contributed by atoms with Crippen molar-refractivity contribution in [3.63, 3.8) is 0 Å². The number of nitrogens with one attached hydrogen (secondary N) is 1. The maximum Gasteiger partial charge on any atom is 0.419 e. The molecule has 188 valence electrons. The second-order valence-electron chi connectivity index (χ2n) is 7.48. The maximum atomic E-state index is 13.8. The number of aryl methyl sites for hydroxylation is 2. The van der Waals surface area contributed by atoms with Crippen molar-refractivity contribution in [2.24, 2.45) is 0 Å². The van der Waals surface area contributed by atoms with Gasteiger partial charge >= 0.3 is 18.3 Å². The van der Waals surface area contributed by atoms with Crippen LogP contribution in [0.3, 0.4) is 0 Å². The number of carbonyl (C=O) groups is 2. The molecule has 0 saturated heterocycles. The highest BCUT2D eigenvalue weighted by atomic mass is 19.4. The molecule has 13 heteroatoms. The Morgan fingerprint density at radius 2 is 1.77 bits per heavy atom. The van der Waals surface area contributed by atoms with Gasteiger partial charge in [-0.1, -0.05) is 6.07 Å². The van der Waals surface area contributed by atoms with Crippen LogP contribution in [-0.4, -0.2) is 34.7 Å². The number of hydrogen-bond donors (Lipinski definition) is 1. The Kier molecular flexibility index (Phi) is 6.82. The molecule has 35 heavy (non-hydrogen) atoms. The Morgan fingerprint density at radius 1 is 1.11 bits per heavy atom. The number of alkyl halides is 6. The lowest BCUT2D eigenvalue weighted by Gasteiger charge is -2.23. The predicted molar refractivity (Wildman–Crippen MR) is 109 cm³/mol. The normalized spacial score (nSPS) is 13.1. The molecule has 3 aromatic rings. The van der Waals surface area contributed by atoms with Crippen LogP contribution in [0.15, 0.2) is 30.3 Å². The molecule has 0 aliphatic carbocycles. The van der Waals surface area contributed by atoms with Gasteiger partial charge < -0.3 is 14.6 Å². The zero-order valence-electron chi connectivity index (χ0n) is 18.4. The van der Waals surface area contributed by atoms with Crippen LogP contribution in [0.4, 0.5) is 30.7 Å². The summed E-state index contributed by atoms with van der Waals surface area (Å²) in [6, 6.07) is 0.492. The molecule has 0 saturated carbocycles. The van der Waals surface area contributed by atoms with E-state index in [1.807, 2.05) is 0 Å². The van der Waals surface area contributed by atoms with E-state index in [1.54, 1.807) is 12.2 Å². The van der Waals surface area contributed by atoms with E-state index >= 15 is 0 Å². The summed E-state index contributed by atoms with van der Waals surface area (Å²) in [6.45, 7) is 3.20. The molecule has 0 aliphatic heterocycles. The number of fused-ring (bicyclic) bond motifs is 1. The van der Waals surface area contributed by atoms with Gasteiger partial charge in [0.25, 0.3) is 5.91 Å². The average molecular weight is 505 g/mol. The minimum Gasteiger partial charge on any atom is -0.465 e. The second kappa shape index (κ2) is 9.19. The van der Waals surface area contributed by atoms with Crippen LogP contribution in [0.1, 0.15) is 50.6 Å². The molecular weight excluding hydrogens is 487 g/mol. The van der Waals surface area contributed by atoms with Crippen LogP contribution >= 0.6 is 0 Å². The van der Waals surface area contributed by atoms with Crippen LogP contribution in [0, 0.1) is 12.7 Å². The number of carbonyl (C=O) groups excluding carboxylic acids is 2. The summed E-state index contributed by atoms with van der Waals surface area (Å²) in [5, 5.41) is 1.95. The molecule has 1 N–H and O–H groups in total. The highest BCUT2D eigenvalue weighted by Crippen LogP contribution is 2.38. The number of aromatic nitrogens is 2. The van der Waals surface area contributed by atoms with Gasteiger partial charge in [0.15, 0.2) is 6.04 Å². The molecular formula is C22H18F7N3O3. The van der Waals surface area contributed by atoms with Crippen molar-refractivity contribution in [1.29, 1.82) is 0 Å². The Labute approximate surface area is 193 Å². The number of halogens is 7. The lowest BCUT2D eigenvalue weighted by atomic mass is 10.0. The standard InChI is InChI=1S/C22H18F7N3O3/c1-4-32-16(9-12-7-13(20(34)35-3)10(2)30-18(12)32)19(33)31-17(22(27,28)29)11-5-6-15(23)14(8-11)21(24,25)26/h5-9,17H,4H2,1-3H3,(H,31,33). The third-order valence-corrected chi connectivity index (χ3v) is 5.25. The fourth-order valence-corrected chi connectivity index (χ4v) is 3.59. The number of rotatable bonds is 5. The van der Waals surface area contributed by atoms with Crippen LogP contribution in [0.25, 0.3) is 11.0 Å². The maximum absolute atomic E-state index is 13.8. The Balaban J connectivity index is 2.07. The number of pyridine rings is 1. The van der Waals surface area contributed by atoms with E-state index in [4.69, 9.17) is 0 Å². The van der Waals surface area contributed by atoms with Gasteiger partial charge in [0, 0.05) is 11.9 Å². The first-order valence-electron chi connectivity index (χ1n) is 10.0. The van der Waals surface area contributed by atoms with Gasteiger partial charge in [0.05, 0.1) is 23.9 Å². The molecule has 0 spiro atoms. The number of esters is 1. The molecule has 0 aliphatic rings. The van der Waals surface area contributed by atoms with Crippen LogP contribution in [-0.2, 0) is 17.5 Å². The first kappa shape index (κ1) is 26.0. The van der Waals surface area contributed by atoms with E-state index in [2.05, 4.69) is 9.72 Å². The summed E-state index contributed by atoms with van der Waals surface area (Å²) in [5.41, 5.74) is -2.63. The first-order chi connectivity index (χ1) is 16.2. The van der Waals surface area contributed by atoms with Crippen LogP contribution in [0.2, 0.25) is 0 Å². The molecule has 0 fully saturated rings. The minimum absolute atomic E-state index is 0.0106. The summed E-state index contributed by atoms with van der Waals surface area (Å²) in [6.07, 6.45) is -10.4. The van der Waals surface area contributed by atoms with Crippen molar-refractivity contribution in [1.82, 2.24) is 14.9 Å². The van der Waals surface area contributed by atoms with E-state index in [1.165, 1.54) is 23.6 Å². The van der Waals surface area contributed by atoms with Crippen molar-refractivity contribution in [2.45, 2.75) is 38.8 Å². The van der Waals surface area contributed by atoms with Crippen molar-refractivity contribution in [2.75, 3.05) is 7.11 Å². The molecule has 2 aromatic heterocycles. The second-order valence-corrected chi connectivity index (χ2v) is 7.48. The van der Waals surface area contributed by atoms with Gasteiger partial charge in [-0.15, -0.1) is 0 Å². The zero-order chi connectivity index (χ0) is 26.3. The molecule has 2 heterocycles. The zero-order valence-corrected chi connectivity index (χ0v) is 18.4. The van der Waals surface area contributed by atoms with E-state index in [9.17, 15) is 40.3 Å². The molecule has 1 unspecified atom stereocenters. The molecule has 3 rings (SSSR count). The Bertz CT molecular complexity index is 1300. The largest absolute Gasteiger partial charge is 0.465 e. The summed E-state index contributed by atoms with van der Waals surface area (Å²) in [4.78, 5) is 29.1. The predicted octanol–water partition coefficient (Wildman–Crippen LogP) is 5.34. The Hall–Kier alpha value is -3.64. The molecule has 0 radical (unpaired) electrons. The number of benzene rings is 1. The van der Waals surface area contributed by atoms with Gasteiger partial charge in [-0.25, -0.2) is 14.2 Å². The molecule has 1 atom stereocenters. The fraction of sp³-hybridized carbons (Fsp3) is 0.318. The fourth-order valence-electron chi connectivity index (χ4n) is 3.59. The van der Waals surface area contributed by atoms with Crippen LogP contribution < -0.4 is 5.32 Å². The van der Waals surface area contributed by atoms with Gasteiger partial charge in [-0.05, 0) is 43.7 Å².